The number of benzene rings is 1. The van der Waals surface area contributed by atoms with Crippen molar-refractivity contribution >= 4 is 16.9 Å². The van der Waals surface area contributed by atoms with Gasteiger partial charge in [-0.1, -0.05) is 6.07 Å². The summed E-state index contributed by atoms with van der Waals surface area (Å²) >= 11 is 0. The molecule has 0 aliphatic heterocycles. The van der Waals surface area contributed by atoms with Gasteiger partial charge in [0.1, 0.15) is 17.3 Å². The Balaban J connectivity index is 2.08. The van der Waals surface area contributed by atoms with Crippen molar-refractivity contribution in [3.63, 3.8) is 0 Å². The SMILES string of the molecule is COC(=O)c1cc2c(CN(C)C)cn(Cc3ccc(F)cc3F)c2cn1. The topological polar surface area (TPSA) is 47.4 Å². The summed E-state index contributed by atoms with van der Waals surface area (Å²) < 4.78 is 33.7. The number of carbonyl (C=O) groups excluding carboxylic acids is 1. The van der Waals surface area contributed by atoms with Crippen molar-refractivity contribution in [3.8, 4) is 0 Å². The average Bonchev–Trinajstić information content (AvgIpc) is 2.93. The van der Waals surface area contributed by atoms with Crippen LogP contribution in [0.15, 0.2) is 36.7 Å². The van der Waals surface area contributed by atoms with Crippen LogP contribution in [0.3, 0.4) is 0 Å². The summed E-state index contributed by atoms with van der Waals surface area (Å²) in [6.07, 6.45) is 3.47. The minimum Gasteiger partial charge on any atom is -0.464 e. The summed E-state index contributed by atoms with van der Waals surface area (Å²) in [5.41, 5.74) is 2.32. The molecule has 136 valence electrons. The normalized spacial score (nSPS) is 11.3. The summed E-state index contributed by atoms with van der Waals surface area (Å²) in [4.78, 5) is 17.9. The van der Waals surface area contributed by atoms with Crippen LogP contribution in [0.25, 0.3) is 10.9 Å². The second-order valence-corrected chi connectivity index (χ2v) is 6.33. The molecule has 5 nitrogen and oxygen atoms in total. The van der Waals surface area contributed by atoms with E-state index < -0.39 is 17.6 Å². The summed E-state index contributed by atoms with van der Waals surface area (Å²) in [5.74, 6) is -1.72. The van der Waals surface area contributed by atoms with E-state index in [1.807, 2.05) is 29.8 Å². The molecule has 0 N–H and O–H groups in total. The molecule has 3 aromatic rings. The summed E-state index contributed by atoms with van der Waals surface area (Å²) in [6.45, 7) is 0.870. The Morgan fingerprint density at radius 1 is 1.23 bits per heavy atom. The predicted octanol–water partition coefficient (Wildman–Crippen LogP) is 3.21. The van der Waals surface area contributed by atoms with Crippen molar-refractivity contribution < 1.29 is 18.3 Å². The van der Waals surface area contributed by atoms with Gasteiger partial charge in [0.15, 0.2) is 0 Å². The number of rotatable bonds is 5. The number of fused-ring (bicyclic) bond motifs is 1. The van der Waals surface area contributed by atoms with E-state index >= 15 is 0 Å². The smallest absolute Gasteiger partial charge is 0.356 e. The summed E-state index contributed by atoms with van der Waals surface area (Å²) in [6, 6.07) is 5.21. The van der Waals surface area contributed by atoms with E-state index in [-0.39, 0.29) is 12.2 Å². The maximum Gasteiger partial charge on any atom is 0.356 e. The number of pyridine rings is 1. The maximum absolute atomic E-state index is 14.0. The van der Waals surface area contributed by atoms with E-state index in [1.54, 1.807) is 12.3 Å². The maximum atomic E-state index is 14.0. The molecule has 0 amide bonds. The van der Waals surface area contributed by atoms with Gasteiger partial charge in [-0.3, -0.25) is 0 Å². The molecule has 0 atom stereocenters. The molecule has 0 unspecified atom stereocenters. The Morgan fingerprint density at radius 2 is 2.00 bits per heavy atom. The van der Waals surface area contributed by atoms with Crippen LogP contribution < -0.4 is 0 Å². The summed E-state index contributed by atoms with van der Waals surface area (Å²) in [5, 5.41) is 0.844. The highest BCUT2D eigenvalue weighted by molar-refractivity contribution is 5.93. The van der Waals surface area contributed by atoms with Gasteiger partial charge in [-0.05, 0) is 31.8 Å². The largest absolute Gasteiger partial charge is 0.464 e. The van der Waals surface area contributed by atoms with E-state index in [1.165, 1.54) is 19.2 Å². The molecule has 2 aromatic heterocycles. The lowest BCUT2D eigenvalue weighted by Crippen LogP contribution is -2.10. The first-order valence-electron chi connectivity index (χ1n) is 8.03. The minimum absolute atomic E-state index is 0.214. The number of esters is 1. The van der Waals surface area contributed by atoms with Crippen molar-refractivity contribution in [3.05, 3.63) is 65.1 Å². The highest BCUT2D eigenvalue weighted by atomic mass is 19.1. The first kappa shape index (κ1) is 18.0. The van der Waals surface area contributed by atoms with Gasteiger partial charge in [-0.25, -0.2) is 18.6 Å². The molecule has 0 radical (unpaired) electrons. The Hall–Kier alpha value is -2.80. The first-order valence-corrected chi connectivity index (χ1v) is 8.03. The zero-order chi connectivity index (χ0) is 18.8. The number of aromatic nitrogens is 2. The zero-order valence-electron chi connectivity index (χ0n) is 14.8. The van der Waals surface area contributed by atoms with E-state index in [0.717, 1.165) is 22.5 Å². The van der Waals surface area contributed by atoms with Gasteiger partial charge in [-0.15, -0.1) is 0 Å². The minimum atomic E-state index is -0.610. The van der Waals surface area contributed by atoms with E-state index in [2.05, 4.69) is 4.98 Å². The molecular formula is C19H19F2N3O2. The second kappa shape index (κ2) is 7.21. The van der Waals surface area contributed by atoms with Crippen LogP contribution >= 0.6 is 0 Å². The zero-order valence-corrected chi connectivity index (χ0v) is 14.8. The van der Waals surface area contributed by atoms with Gasteiger partial charge in [0.25, 0.3) is 0 Å². The molecule has 0 aliphatic carbocycles. The summed E-state index contributed by atoms with van der Waals surface area (Å²) in [7, 11) is 5.17. The number of carbonyl (C=O) groups is 1. The number of hydrogen-bond donors (Lipinski definition) is 0. The number of nitrogens with zero attached hydrogens (tertiary/aromatic N) is 3. The van der Waals surface area contributed by atoms with E-state index in [4.69, 9.17) is 4.74 Å². The number of hydrogen-bond acceptors (Lipinski definition) is 4. The molecule has 0 aliphatic rings. The Bertz CT molecular complexity index is 967. The van der Waals surface area contributed by atoms with Crippen LogP contribution in [0.5, 0.6) is 0 Å². The monoisotopic (exact) mass is 359 g/mol. The van der Waals surface area contributed by atoms with Crippen LogP contribution in [-0.4, -0.2) is 41.6 Å². The third-order valence-corrected chi connectivity index (χ3v) is 4.09. The Kier molecular flexibility index (Phi) is 4.99. The fourth-order valence-electron chi connectivity index (χ4n) is 2.91. The molecule has 0 bridgehead atoms. The van der Waals surface area contributed by atoms with Gasteiger partial charge in [0, 0.05) is 29.8 Å². The molecule has 2 heterocycles. The molecule has 0 saturated carbocycles. The molecule has 0 spiro atoms. The quantitative estimate of drug-likeness (QED) is 0.657. The van der Waals surface area contributed by atoms with Gasteiger partial charge in [-0.2, -0.15) is 0 Å². The van der Waals surface area contributed by atoms with Gasteiger partial charge < -0.3 is 14.2 Å². The standard InChI is InChI=1S/C19H19F2N3O2/c1-23(2)9-13-11-24(10-12-4-5-14(20)6-16(12)21)18-8-22-17(7-15(13)18)19(25)26-3/h4-8,11H,9-10H2,1-3H3. The third-order valence-electron chi connectivity index (χ3n) is 4.09. The fourth-order valence-corrected chi connectivity index (χ4v) is 2.91. The van der Waals surface area contributed by atoms with Crippen LogP contribution in [0.1, 0.15) is 21.6 Å². The van der Waals surface area contributed by atoms with Crippen LogP contribution in [0.4, 0.5) is 8.78 Å². The van der Waals surface area contributed by atoms with Crippen molar-refractivity contribution in [1.29, 1.82) is 0 Å². The Labute approximate surface area is 149 Å². The van der Waals surface area contributed by atoms with Gasteiger partial charge in [0.2, 0.25) is 0 Å². The lowest BCUT2D eigenvalue weighted by atomic mass is 10.1. The molecule has 1 aromatic carbocycles. The average molecular weight is 359 g/mol. The molecule has 26 heavy (non-hydrogen) atoms. The third kappa shape index (κ3) is 3.57. The van der Waals surface area contributed by atoms with E-state index in [0.29, 0.717) is 12.1 Å². The van der Waals surface area contributed by atoms with Crippen LogP contribution in [0.2, 0.25) is 0 Å². The number of ether oxygens (including phenoxy) is 1. The molecule has 3 rings (SSSR count). The molecule has 0 saturated heterocycles. The predicted molar refractivity (Wildman–Crippen MR) is 93.9 cm³/mol. The highest BCUT2D eigenvalue weighted by Gasteiger charge is 2.15. The molecule has 7 heteroatoms. The first-order chi connectivity index (χ1) is 12.4. The van der Waals surface area contributed by atoms with Crippen LogP contribution in [0, 0.1) is 11.6 Å². The lowest BCUT2D eigenvalue weighted by molar-refractivity contribution is 0.0594. The number of methoxy groups -OCH3 is 1. The van der Waals surface area contributed by atoms with Crippen LogP contribution in [-0.2, 0) is 17.8 Å². The Morgan fingerprint density at radius 3 is 2.65 bits per heavy atom. The number of halogens is 2. The van der Waals surface area contributed by atoms with Crippen molar-refractivity contribution in [2.24, 2.45) is 0 Å². The van der Waals surface area contributed by atoms with E-state index in [9.17, 15) is 13.6 Å². The lowest BCUT2D eigenvalue weighted by Gasteiger charge is -2.08. The highest BCUT2D eigenvalue weighted by Crippen LogP contribution is 2.24. The molecule has 0 fully saturated rings. The van der Waals surface area contributed by atoms with Gasteiger partial charge >= 0.3 is 5.97 Å². The molecular weight excluding hydrogens is 340 g/mol. The van der Waals surface area contributed by atoms with Crippen molar-refractivity contribution in [2.45, 2.75) is 13.1 Å². The fraction of sp³-hybridized carbons (Fsp3) is 0.263. The van der Waals surface area contributed by atoms with Crippen molar-refractivity contribution in [2.75, 3.05) is 21.2 Å². The van der Waals surface area contributed by atoms with Crippen molar-refractivity contribution in [1.82, 2.24) is 14.5 Å². The van der Waals surface area contributed by atoms with Gasteiger partial charge in [0.05, 0.1) is 25.4 Å². The second-order valence-electron chi connectivity index (χ2n) is 6.33.